The highest BCUT2D eigenvalue weighted by Gasteiger charge is 2.19. The summed E-state index contributed by atoms with van der Waals surface area (Å²) in [5, 5.41) is 3.07. The van der Waals surface area contributed by atoms with Gasteiger partial charge in [-0.25, -0.2) is 8.78 Å². The van der Waals surface area contributed by atoms with E-state index in [9.17, 15) is 8.78 Å². The van der Waals surface area contributed by atoms with Crippen LogP contribution >= 0.6 is 15.9 Å². The molecule has 0 saturated carbocycles. The summed E-state index contributed by atoms with van der Waals surface area (Å²) in [7, 11) is 2.09. The van der Waals surface area contributed by atoms with Crippen molar-refractivity contribution in [3.05, 3.63) is 28.2 Å². The number of rotatable bonds is 3. The Morgan fingerprint density at radius 2 is 2.11 bits per heavy atom. The Labute approximate surface area is 114 Å². The maximum atomic E-state index is 13.5. The van der Waals surface area contributed by atoms with Gasteiger partial charge in [0.2, 0.25) is 0 Å². The van der Waals surface area contributed by atoms with Crippen molar-refractivity contribution in [3.8, 4) is 0 Å². The van der Waals surface area contributed by atoms with Crippen LogP contribution in [0, 0.1) is 11.6 Å². The van der Waals surface area contributed by atoms with Crippen molar-refractivity contribution < 1.29 is 8.78 Å². The molecule has 1 atom stereocenters. The molecule has 18 heavy (non-hydrogen) atoms. The zero-order chi connectivity index (χ0) is 13.1. The normalized spacial score (nSPS) is 21.0. The number of hydrogen-bond acceptors (Lipinski definition) is 2. The molecule has 1 aromatic carbocycles. The number of likely N-dealkylation sites (tertiary alicyclic amines) is 1. The van der Waals surface area contributed by atoms with E-state index in [1.165, 1.54) is 18.9 Å². The van der Waals surface area contributed by atoms with Crippen molar-refractivity contribution in [2.24, 2.45) is 0 Å². The van der Waals surface area contributed by atoms with E-state index in [1.807, 2.05) is 0 Å². The Hall–Kier alpha value is -0.680. The third-order valence-corrected chi connectivity index (χ3v) is 4.07. The van der Waals surface area contributed by atoms with Gasteiger partial charge in [0.05, 0.1) is 10.2 Å². The van der Waals surface area contributed by atoms with E-state index in [0.717, 1.165) is 19.0 Å². The summed E-state index contributed by atoms with van der Waals surface area (Å²) in [6.07, 6.45) is 3.56. The zero-order valence-corrected chi connectivity index (χ0v) is 11.9. The molecule has 5 heteroatoms. The first-order valence-electron chi connectivity index (χ1n) is 6.16. The predicted octanol–water partition coefficient (Wildman–Crippen LogP) is 3.62. The van der Waals surface area contributed by atoms with Crippen LogP contribution in [0.4, 0.5) is 14.5 Å². The molecule has 100 valence electrons. The number of hydrogen-bond donors (Lipinski definition) is 1. The largest absolute Gasteiger partial charge is 0.381 e. The Balaban J connectivity index is 1.99. The molecule has 1 aliphatic rings. The highest BCUT2D eigenvalue weighted by Crippen LogP contribution is 2.24. The number of benzene rings is 1. The first kappa shape index (κ1) is 13.7. The monoisotopic (exact) mass is 318 g/mol. The third-order valence-electron chi connectivity index (χ3n) is 3.46. The van der Waals surface area contributed by atoms with E-state index in [1.54, 1.807) is 0 Å². The Bertz CT molecular complexity index is 426. The molecule has 1 unspecified atom stereocenters. The fourth-order valence-electron chi connectivity index (χ4n) is 2.29. The number of nitrogens with zero attached hydrogens (tertiary/aromatic N) is 1. The molecule has 1 aliphatic heterocycles. The summed E-state index contributed by atoms with van der Waals surface area (Å²) in [6, 6.07) is 2.77. The van der Waals surface area contributed by atoms with Crippen molar-refractivity contribution in [2.45, 2.75) is 25.3 Å². The highest BCUT2D eigenvalue weighted by atomic mass is 79.9. The lowest BCUT2D eigenvalue weighted by Gasteiger charge is -2.32. The van der Waals surface area contributed by atoms with E-state index in [0.29, 0.717) is 18.3 Å². The molecule has 1 N–H and O–H groups in total. The van der Waals surface area contributed by atoms with Gasteiger partial charge in [-0.05, 0) is 48.4 Å². The highest BCUT2D eigenvalue weighted by molar-refractivity contribution is 9.10. The second-order valence-electron chi connectivity index (χ2n) is 4.76. The third kappa shape index (κ3) is 3.20. The predicted molar refractivity (Wildman–Crippen MR) is 72.8 cm³/mol. The molecule has 2 nitrogen and oxygen atoms in total. The minimum absolute atomic E-state index is 0.281. The number of anilines is 1. The molecule has 0 aliphatic carbocycles. The summed E-state index contributed by atoms with van der Waals surface area (Å²) in [5.74, 6) is -1.12. The van der Waals surface area contributed by atoms with Crippen LogP contribution in [0.15, 0.2) is 16.6 Å². The zero-order valence-electron chi connectivity index (χ0n) is 10.3. The Morgan fingerprint density at radius 3 is 2.83 bits per heavy atom. The summed E-state index contributed by atoms with van der Waals surface area (Å²) in [5.41, 5.74) is 0.349. The minimum Gasteiger partial charge on any atom is -0.381 e. The van der Waals surface area contributed by atoms with Gasteiger partial charge in [-0.2, -0.15) is 0 Å². The van der Waals surface area contributed by atoms with Crippen LogP contribution in [0.3, 0.4) is 0 Å². The first-order chi connectivity index (χ1) is 8.58. The lowest BCUT2D eigenvalue weighted by molar-refractivity contribution is 0.194. The smallest absolute Gasteiger partial charge is 0.149 e. The molecule has 1 aromatic rings. The number of piperidine rings is 1. The molecule has 1 heterocycles. The molecule has 0 bridgehead atoms. The molecule has 1 saturated heterocycles. The number of nitrogens with one attached hydrogen (secondary N) is 1. The van der Waals surface area contributed by atoms with Crippen LogP contribution < -0.4 is 5.32 Å². The van der Waals surface area contributed by atoms with Crippen LogP contribution in [0.2, 0.25) is 0 Å². The van der Waals surface area contributed by atoms with Gasteiger partial charge < -0.3 is 10.2 Å². The summed E-state index contributed by atoms with van der Waals surface area (Å²) in [6.45, 7) is 1.77. The molecule has 2 rings (SSSR count). The van der Waals surface area contributed by atoms with Crippen LogP contribution in [0.25, 0.3) is 0 Å². The van der Waals surface area contributed by atoms with Crippen LogP contribution in [0.1, 0.15) is 19.3 Å². The van der Waals surface area contributed by atoms with Gasteiger partial charge in [-0.1, -0.05) is 6.42 Å². The average Bonchev–Trinajstić information content (AvgIpc) is 2.34. The molecule has 0 amide bonds. The molecular formula is C13H17BrF2N2. The van der Waals surface area contributed by atoms with E-state index in [-0.39, 0.29) is 4.47 Å². The van der Waals surface area contributed by atoms with E-state index >= 15 is 0 Å². The van der Waals surface area contributed by atoms with Crippen molar-refractivity contribution in [3.63, 3.8) is 0 Å². The first-order valence-corrected chi connectivity index (χ1v) is 6.96. The van der Waals surface area contributed by atoms with Gasteiger partial charge in [0.25, 0.3) is 0 Å². The Morgan fingerprint density at radius 1 is 1.33 bits per heavy atom. The molecule has 1 fully saturated rings. The molecule has 0 aromatic heterocycles. The van der Waals surface area contributed by atoms with Gasteiger partial charge in [0.15, 0.2) is 0 Å². The maximum absolute atomic E-state index is 13.5. The van der Waals surface area contributed by atoms with Gasteiger partial charge in [0, 0.05) is 18.7 Å². The van der Waals surface area contributed by atoms with E-state index in [2.05, 4.69) is 33.2 Å². The van der Waals surface area contributed by atoms with Crippen LogP contribution in [0.5, 0.6) is 0 Å². The van der Waals surface area contributed by atoms with Gasteiger partial charge in [-0.3, -0.25) is 0 Å². The minimum atomic E-state index is -0.576. The summed E-state index contributed by atoms with van der Waals surface area (Å²) in [4.78, 5) is 2.28. The Kier molecular flexibility index (Phi) is 4.56. The van der Waals surface area contributed by atoms with E-state index in [4.69, 9.17) is 0 Å². The van der Waals surface area contributed by atoms with Crippen LogP contribution in [-0.4, -0.2) is 31.1 Å². The molecule has 0 spiro atoms. The van der Waals surface area contributed by atoms with Crippen molar-refractivity contribution in [2.75, 3.05) is 25.5 Å². The van der Waals surface area contributed by atoms with E-state index < -0.39 is 11.6 Å². The van der Waals surface area contributed by atoms with Gasteiger partial charge in [0.1, 0.15) is 11.6 Å². The fourth-order valence-corrected chi connectivity index (χ4v) is 2.63. The van der Waals surface area contributed by atoms with Gasteiger partial charge >= 0.3 is 0 Å². The maximum Gasteiger partial charge on any atom is 0.149 e. The lowest BCUT2D eigenvalue weighted by atomic mass is 10.0. The SMILES string of the molecule is CN1CCCCC1CNc1cc(Br)c(F)cc1F. The van der Waals surface area contributed by atoms with Crippen LogP contribution in [-0.2, 0) is 0 Å². The molecule has 0 radical (unpaired) electrons. The molecular weight excluding hydrogens is 302 g/mol. The standard InChI is InChI=1S/C13H17BrF2N2/c1-18-5-3-2-4-9(18)8-17-13-6-10(14)11(15)7-12(13)16/h6-7,9,17H,2-5,8H2,1H3. The number of halogens is 3. The van der Waals surface area contributed by atoms with Crippen molar-refractivity contribution >= 4 is 21.6 Å². The van der Waals surface area contributed by atoms with Crippen molar-refractivity contribution in [1.82, 2.24) is 4.90 Å². The summed E-state index contributed by atoms with van der Waals surface area (Å²) < 4.78 is 26.9. The number of likely N-dealkylation sites (N-methyl/N-ethyl adjacent to an activating group) is 1. The summed E-state index contributed by atoms with van der Waals surface area (Å²) >= 11 is 3.07. The fraction of sp³-hybridized carbons (Fsp3) is 0.538. The second kappa shape index (κ2) is 5.97. The second-order valence-corrected chi connectivity index (χ2v) is 5.61. The average molecular weight is 319 g/mol. The lowest BCUT2D eigenvalue weighted by Crippen LogP contribution is -2.40. The van der Waals surface area contributed by atoms with Gasteiger partial charge in [-0.15, -0.1) is 0 Å². The topological polar surface area (TPSA) is 15.3 Å². The van der Waals surface area contributed by atoms with Crippen molar-refractivity contribution in [1.29, 1.82) is 0 Å². The quantitative estimate of drug-likeness (QED) is 0.856.